The van der Waals surface area contributed by atoms with E-state index in [0.29, 0.717) is 5.02 Å². The molecule has 36 heavy (non-hydrogen) atoms. The van der Waals surface area contributed by atoms with Gasteiger partial charge in [-0.2, -0.15) is 5.01 Å². The average Bonchev–Trinajstić information content (AvgIpc) is 3.55. The SMILES string of the molecule is O=C(c1ccc(Cl)cc1)[C@H](CCCl)N(C(=O)c1ccc(Cl)c(Cl)c1)N1C(=O)[C@@H]2[C@@H](C1=O)[C@H]1C=C[C@H]2C1. The van der Waals surface area contributed by atoms with Gasteiger partial charge >= 0.3 is 0 Å². The lowest BCUT2D eigenvalue weighted by molar-refractivity contribution is -0.157. The highest BCUT2D eigenvalue weighted by Gasteiger charge is 2.62. The maximum absolute atomic E-state index is 13.9. The first-order valence-corrected chi connectivity index (χ1v) is 13.1. The van der Waals surface area contributed by atoms with Gasteiger partial charge in [-0.05, 0) is 67.1 Å². The highest BCUT2D eigenvalue weighted by atomic mass is 35.5. The van der Waals surface area contributed by atoms with Gasteiger partial charge in [0.25, 0.3) is 17.7 Å². The van der Waals surface area contributed by atoms with Crippen LogP contribution >= 0.6 is 46.4 Å². The van der Waals surface area contributed by atoms with Gasteiger partial charge in [0.05, 0.1) is 21.9 Å². The molecule has 3 amide bonds. The number of alkyl halides is 1. The number of hydrogen-bond donors (Lipinski definition) is 0. The molecule has 2 aromatic rings. The summed E-state index contributed by atoms with van der Waals surface area (Å²) in [7, 11) is 0. The van der Waals surface area contributed by atoms with Crippen LogP contribution in [-0.4, -0.2) is 45.4 Å². The molecule has 1 heterocycles. The van der Waals surface area contributed by atoms with Crippen LogP contribution in [0.5, 0.6) is 0 Å². The van der Waals surface area contributed by atoms with Crippen molar-refractivity contribution < 1.29 is 19.2 Å². The van der Waals surface area contributed by atoms with Crippen LogP contribution in [0, 0.1) is 23.7 Å². The summed E-state index contributed by atoms with van der Waals surface area (Å²) in [6, 6.07) is 9.17. The van der Waals surface area contributed by atoms with E-state index < -0.39 is 41.4 Å². The van der Waals surface area contributed by atoms with Crippen molar-refractivity contribution in [2.24, 2.45) is 23.7 Å². The molecule has 0 spiro atoms. The molecule has 3 aliphatic rings. The molecule has 2 aromatic carbocycles. The minimum atomic E-state index is -1.22. The fourth-order valence-corrected chi connectivity index (χ4v) is 6.14. The van der Waals surface area contributed by atoms with Crippen LogP contribution < -0.4 is 0 Å². The summed E-state index contributed by atoms with van der Waals surface area (Å²) < 4.78 is 0. The van der Waals surface area contributed by atoms with Crippen molar-refractivity contribution >= 4 is 69.9 Å². The van der Waals surface area contributed by atoms with E-state index in [2.05, 4.69) is 0 Å². The predicted octanol–water partition coefficient (Wildman–Crippen LogP) is 5.69. The van der Waals surface area contributed by atoms with Crippen LogP contribution in [-0.2, 0) is 9.59 Å². The lowest BCUT2D eigenvalue weighted by Crippen LogP contribution is -2.58. The molecule has 1 saturated heterocycles. The van der Waals surface area contributed by atoms with Crippen molar-refractivity contribution in [3.63, 3.8) is 0 Å². The predicted molar refractivity (Wildman–Crippen MR) is 137 cm³/mol. The Labute approximate surface area is 227 Å². The molecule has 1 saturated carbocycles. The Bertz CT molecular complexity index is 1270. The first kappa shape index (κ1) is 25.3. The number of hydrogen-bond acceptors (Lipinski definition) is 4. The number of hydrazine groups is 1. The van der Waals surface area contributed by atoms with E-state index in [4.69, 9.17) is 46.4 Å². The van der Waals surface area contributed by atoms with Crippen molar-refractivity contribution in [3.05, 3.63) is 80.8 Å². The lowest BCUT2D eigenvalue weighted by atomic mass is 9.85. The second-order valence-corrected chi connectivity index (χ2v) is 10.8. The van der Waals surface area contributed by atoms with E-state index in [1.807, 2.05) is 12.2 Å². The molecule has 10 heteroatoms. The molecule has 5 atom stereocenters. The summed E-state index contributed by atoms with van der Waals surface area (Å²) in [5.41, 5.74) is 0.342. The minimum absolute atomic E-state index is 0.00499. The van der Waals surface area contributed by atoms with Crippen LogP contribution in [0.4, 0.5) is 0 Å². The number of halogens is 4. The van der Waals surface area contributed by atoms with Crippen molar-refractivity contribution in [2.45, 2.75) is 18.9 Å². The van der Waals surface area contributed by atoms with E-state index >= 15 is 0 Å². The quantitative estimate of drug-likeness (QED) is 0.187. The van der Waals surface area contributed by atoms with Crippen LogP contribution in [0.3, 0.4) is 0 Å². The van der Waals surface area contributed by atoms with Crippen LogP contribution in [0.2, 0.25) is 15.1 Å². The topological polar surface area (TPSA) is 74.8 Å². The standard InChI is InChI=1S/C26H20Cl4N2O4/c27-10-9-20(23(33)13-3-6-17(28)7-4-13)31(24(34)16-5-8-18(29)19(30)12-16)32-25(35)21-14-1-2-15(11-14)22(21)26(32)36/h1-8,12,14-15,20-22H,9-11H2/t14-,15-,20-,21-,22-/m0/s1. The summed E-state index contributed by atoms with van der Waals surface area (Å²) in [6.07, 6.45) is 4.66. The highest BCUT2D eigenvalue weighted by molar-refractivity contribution is 6.42. The van der Waals surface area contributed by atoms with Gasteiger partial charge in [0.2, 0.25) is 0 Å². The van der Waals surface area contributed by atoms with Crippen LogP contribution in [0.1, 0.15) is 33.6 Å². The Morgan fingerprint density at radius 3 is 2.03 bits per heavy atom. The summed E-state index contributed by atoms with van der Waals surface area (Å²) in [5, 5.41) is 2.64. The van der Waals surface area contributed by atoms with E-state index in [-0.39, 0.29) is 45.3 Å². The third kappa shape index (κ3) is 4.14. The van der Waals surface area contributed by atoms with Crippen molar-refractivity contribution in [1.82, 2.24) is 10.0 Å². The van der Waals surface area contributed by atoms with Gasteiger partial charge in [0.1, 0.15) is 6.04 Å². The Hall–Kier alpha value is -2.38. The number of carbonyl (C=O) groups is 4. The van der Waals surface area contributed by atoms with Gasteiger partial charge in [-0.25, -0.2) is 5.01 Å². The number of amides is 3. The van der Waals surface area contributed by atoms with Gasteiger partial charge in [-0.3, -0.25) is 19.2 Å². The monoisotopic (exact) mass is 564 g/mol. The molecule has 0 N–H and O–H groups in total. The smallest absolute Gasteiger partial charge is 0.273 e. The zero-order valence-corrected chi connectivity index (χ0v) is 21.8. The first-order chi connectivity index (χ1) is 17.2. The van der Waals surface area contributed by atoms with Gasteiger partial charge in [0, 0.05) is 22.0 Å². The second kappa shape index (κ2) is 9.82. The molecular formula is C26H20Cl4N2O4. The first-order valence-electron chi connectivity index (χ1n) is 11.4. The molecule has 1 aliphatic heterocycles. The van der Waals surface area contributed by atoms with Crippen LogP contribution in [0.25, 0.3) is 0 Å². The molecule has 0 aromatic heterocycles. The third-order valence-electron chi connectivity index (χ3n) is 7.15. The summed E-state index contributed by atoms with van der Waals surface area (Å²) in [4.78, 5) is 55.0. The maximum Gasteiger partial charge on any atom is 0.273 e. The Morgan fingerprint density at radius 1 is 0.889 bits per heavy atom. The number of benzene rings is 2. The molecule has 2 aliphatic carbocycles. The molecular weight excluding hydrogens is 546 g/mol. The number of imide groups is 1. The Morgan fingerprint density at radius 2 is 1.47 bits per heavy atom. The van der Waals surface area contributed by atoms with Crippen molar-refractivity contribution in [3.8, 4) is 0 Å². The number of ketones is 1. The van der Waals surface area contributed by atoms with Gasteiger partial charge in [-0.1, -0.05) is 47.0 Å². The van der Waals surface area contributed by atoms with Crippen molar-refractivity contribution in [1.29, 1.82) is 0 Å². The zero-order chi connectivity index (χ0) is 25.7. The fraction of sp³-hybridized carbons (Fsp3) is 0.308. The Balaban J connectivity index is 1.60. The average molecular weight is 566 g/mol. The second-order valence-electron chi connectivity index (χ2n) is 9.13. The summed E-state index contributed by atoms with van der Waals surface area (Å²) in [6.45, 7) is 0. The number of rotatable bonds is 7. The van der Waals surface area contributed by atoms with Gasteiger partial charge < -0.3 is 0 Å². The maximum atomic E-state index is 13.9. The lowest BCUT2D eigenvalue weighted by Gasteiger charge is -2.36. The zero-order valence-electron chi connectivity index (χ0n) is 18.7. The molecule has 2 bridgehead atoms. The van der Waals surface area contributed by atoms with E-state index in [1.165, 1.54) is 30.3 Å². The fourth-order valence-electron chi connectivity index (χ4n) is 5.51. The van der Waals surface area contributed by atoms with Gasteiger partial charge in [-0.15, -0.1) is 11.6 Å². The summed E-state index contributed by atoms with van der Waals surface area (Å²) in [5.74, 6) is -3.42. The normalized spacial score (nSPS) is 24.8. The Kier molecular flexibility index (Phi) is 6.90. The van der Waals surface area contributed by atoms with Crippen molar-refractivity contribution in [2.75, 3.05) is 5.88 Å². The summed E-state index contributed by atoms with van der Waals surface area (Å²) >= 11 is 24.3. The molecule has 0 radical (unpaired) electrons. The minimum Gasteiger partial charge on any atom is -0.292 e. The molecule has 186 valence electrons. The molecule has 6 nitrogen and oxygen atoms in total. The highest BCUT2D eigenvalue weighted by Crippen LogP contribution is 2.53. The number of nitrogens with zero attached hydrogens (tertiary/aromatic N) is 2. The van der Waals surface area contributed by atoms with Gasteiger partial charge in [0.15, 0.2) is 5.78 Å². The molecule has 0 unspecified atom stereocenters. The largest absolute Gasteiger partial charge is 0.292 e. The molecule has 2 fully saturated rings. The number of Topliss-reactive ketones (excluding diaryl/α,β-unsaturated/α-hetero) is 1. The van der Waals surface area contributed by atoms with E-state index in [1.54, 1.807) is 12.1 Å². The molecule has 5 rings (SSSR count). The number of allylic oxidation sites excluding steroid dienone is 2. The number of fused-ring (bicyclic) bond motifs is 5. The van der Waals surface area contributed by atoms with E-state index in [0.717, 1.165) is 16.4 Å². The number of carbonyl (C=O) groups excluding carboxylic acids is 4. The third-order valence-corrected chi connectivity index (χ3v) is 8.36. The van der Waals surface area contributed by atoms with Crippen LogP contribution in [0.15, 0.2) is 54.6 Å². The van der Waals surface area contributed by atoms with E-state index in [9.17, 15) is 19.2 Å².